The number of nitrogens with one attached hydrogen (secondary N) is 1. The Balaban J connectivity index is 1.51. The number of aryl methyl sites for hydroxylation is 1. The van der Waals surface area contributed by atoms with Crippen LogP contribution in [0.3, 0.4) is 0 Å². The molecule has 0 saturated carbocycles. The summed E-state index contributed by atoms with van der Waals surface area (Å²) in [5, 5.41) is 0. The molecular weight excluding hydrogens is 462 g/mol. The molecule has 1 aliphatic heterocycles. The molecule has 35 heavy (non-hydrogen) atoms. The maximum absolute atomic E-state index is 12.0. The van der Waals surface area contributed by atoms with Crippen LogP contribution in [0.25, 0.3) is 5.65 Å². The quantitative estimate of drug-likeness (QED) is 0.535. The second-order valence-corrected chi connectivity index (χ2v) is 11.7. The molecule has 1 atom stereocenters. The monoisotopic (exact) mass is 497 g/mol. The lowest BCUT2D eigenvalue weighted by atomic mass is 9.91. The summed E-state index contributed by atoms with van der Waals surface area (Å²) in [5.74, 6) is 1.06. The van der Waals surface area contributed by atoms with Crippen molar-refractivity contribution in [2.24, 2.45) is 0 Å². The molecule has 5 rings (SSSR count). The van der Waals surface area contributed by atoms with Crippen LogP contribution in [0.5, 0.6) is 0 Å². The number of likely N-dealkylation sites (N-methyl/N-ethyl adjacent to an activating group) is 1. The van der Waals surface area contributed by atoms with Gasteiger partial charge in [0.05, 0.1) is 35.9 Å². The Labute approximate surface area is 207 Å². The first kappa shape index (κ1) is 24.2. The third-order valence-electron chi connectivity index (χ3n) is 7.23. The van der Waals surface area contributed by atoms with E-state index in [0.717, 1.165) is 74.0 Å². The van der Waals surface area contributed by atoms with E-state index in [-0.39, 0.29) is 12.6 Å². The molecule has 0 aromatic carbocycles. The summed E-state index contributed by atoms with van der Waals surface area (Å²) in [6, 6.07) is 10.6. The van der Waals surface area contributed by atoms with Crippen molar-refractivity contribution in [2.45, 2.75) is 38.4 Å². The van der Waals surface area contributed by atoms with Gasteiger partial charge in [-0.25, -0.2) is 18.1 Å². The van der Waals surface area contributed by atoms with Gasteiger partial charge in [0.1, 0.15) is 11.5 Å². The number of fused-ring (bicyclic) bond motifs is 2. The van der Waals surface area contributed by atoms with Crippen LogP contribution in [0.15, 0.2) is 36.5 Å². The second kappa shape index (κ2) is 9.85. The van der Waals surface area contributed by atoms with Crippen LogP contribution in [0.4, 0.5) is 5.82 Å². The molecule has 9 nitrogen and oxygen atoms in total. The Morgan fingerprint density at radius 3 is 2.71 bits per heavy atom. The Kier molecular flexibility index (Phi) is 6.80. The van der Waals surface area contributed by atoms with Crippen molar-refractivity contribution in [2.75, 3.05) is 51.4 Å². The zero-order chi connectivity index (χ0) is 24.6. The van der Waals surface area contributed by atoms with Crippen LogP contribution < -0.4 is 9.62 Å². The first-order chi connectivity index (χ1) is 16.8. The fourth-order valence-corrected chi connectivity index (χ4v) is 5.73. The number of sulfonamides is 1. The van der Waals surface area contributed by atoms with E-state index in [1.54, 1.807) is 0 Å². The Morgan fingerprint density at radius 1 is 1.14 bits per heavy atom. The highest BCUT2D eigenvalue weighted by Crippen LogP contribution is 2.33. The number of hydrogen-bond acceptors (Lipinski definition) is 7. The molecule has 0 bridgehead atoms. The molecular formula is C25H35N7O2S. The van der Waals surface area contributed by atoms with Crippen molar-refractivity contribution >= 4 is 21.5 Å². The summed E-state index contributed by atoms with van der Waals surface area (Å²) in [5.41, 5.74) is 5.11. The van der Waals surface area contributed by atoms with Gasteiger partial charge in [0.2, 0.25) is 10.0 Å². The lowest BCUT2D eigenvalue weighted by Crippen LogP contribution is -2.45. The van der Waals surface area contributed by atoms with Crippen molar-refractivity contribution in [3.05, 3.63) is 59.2 Å². The van der Waals surface area contributed by atoms with Gasteiger partial charge in [-0.1, -0.05) is 12.1 Å². The molecule has 1 fully saturated rings. The lowest BCUT2D eigenvalue weighted by Gasteiger charge is -2.34. The summed E-state index contributed by atoms with van der Waals surface area (Å²) in [6.07, 6.45) is 6.33. The Morgan fingerprint density at radius 2 is 1.94 bits per heavy atom. The summed E-state index contributed by atoms with van der Waals surface area (Å²) < 4.78 is 28.9. The van der Waals surface area contributed by atoms with Gasteiger partial charge in [0.15, 0.2) is 0 Å². The number of imidazole rings is 1. The molecule has 0 unspecified atom stereocenters. The van der Waals surface area contributed by atoms with Crippen molar-refractivity contribution in [3.63, 3.8) is 0 Å². The molecule has 2 aliphatic rings. The molecule has 0 amide bonds. The van der Waals surface area contributed by atoms with Crippen LogP contribution in [0.2, 0.25) is 0 Å². The van der Waals surface area contributed by atoms with Crippen molar-refractivity contribution in [3.8, 4) is 0 Å². The highest BCUT2D eigenvalue weighted by molar-refractivity contribution is 7.88. The number of rotatable bonds is 7. The van der Waals surface area contributed by atoms with Gasteiger partial charge in [0.25, 0.3) is 0 Å². The largest absolute Gasteiger partial charge is 0.355 e. The van der Waals surface area contributed by atoms with Crippen molar-refractivity contribution < 1.29 is 8.42 Å². The topological polar surface area (TPSA) is 86.1 Å². The SMILES string of the molecule is CN1CCN(c2cccc3nc(CN(C)[C@H]4CCCc5cccnc54)c(CNS(C)(=O)=O)n23)CC1. The molecule has 1 aliphatic carbocycles. The molecule has 0 spiro atoms. The van der Waals surface area contributed by atoms with Crippen LogP contribution >= 0.6 is 0 Å². The van der Waals surface area contributed by atoms with Crippen LogP contribution in [-0.2, 0) is 29.5 Å². The molecule has 188 valence electrons. The van der Waals surface area contributed by atoms with Gasteiger partial charge in [-0.2, -0.15) is 0 Å². The number of aromatic nitrogens is 3. The van der Waals surface area contributed by atoms with E-state index in [1.807, 2.05) is 24.4 Å². The van der Waals surface area contributed by atoms with Gasteiger partial charge < -0.3 is 9.80 Å². The predicted molar refractivity (Wildman–Crippen MR) is 138 cm³/mol. The van der Waals surface area contributed by atoms with Crippen molar-refractivity contribution in [1.29, 1.82) is 0 Å². The fourth-order valence-electron chi connectivity index (χ4n) is 5.33. The van der Waals surface area contributed by atoms with Gasteiger partial charge in [-0.3, -0.25) is 14.3 Å². The number of anilines is 1. The molecule has 3 aromatic heterocycles. The number of pyridine rings is 2. The van der Waals surface area contributed by atoms with Crippen LogP contribution in [-0.4, -0.2) is 79.1 Å². The molecule has 3 aromatic rings. The van der Waals surface area contributed by atoms with E-state index < -0.39 is 10.0 Å². The summed E-state index contributed by atoms with van der Waals surface area (Å²) in [4.78, 5) is 16.7. The standard InChI is InChI=1S/C25H35N7O2S/c1-29-13-15-31(16-14-29)24-11-5-10-23-28-20(22(32(23)24)17-27-35(3,33)34)18-30(2)21-9-4-7-19-8-6-12-26-25(19)21/h5-6,8,10-12,21,27H,4,7,9,13-18H2,1-3H3/t21-/m0/s1. The zero-order valence-electron chi connectivity index (χ0n) is 20.8. The van der Waals surface area contributed by atoms with E-state index in [4.69, 9.17) is 9.97 Å². The van der Waals surface area contributed by atoms with E-state index in [9.17, 15) is 8.42 Å². The highest BCUT2D eigenvalue weighted by atomic mass is 32.2. The van der Waals surface area contributed by atoms with Crippen LogP contribution in [0.1, 0.15) is 41.5 Å². The maximum atomic E-state index is 12.0. The first-order valence-electron chi connectivity index (χ1n) is 12.3. The third kappa shape index (κ3) is 5.20. The van der Waals surface area contributed by atoms with Crippen LogP contribution in [0, 0.1) is 0 Å². The highest BCUT2D eigenvalue weighted by Gasteiger charge is 2.27. The Hall–Kier alpha value is -2.53. The first-order valence-corrected chi connectivity index (χ1v) is 14.2. The predicted octanol–water partition coefficient (Wildman–Crippen LogP) is 2.04. The summed E-state index contributed by atoms with van der Waals surface area (Å²) in [7, 11) is 0.906. The van der Waals surface area contributed by atoms with E-state index >= 15 is 0 Å². The van der Waals surface area contributed by atoms with Gasteiger partial charge in [-0.15, -0.1) is 0 Å². The van der Waals surface area contributed by atoms with Crippen molar-refractivity contribution in [1.82, 2.24) is 28.9 Å². The molecule has 1 saturated heterocycles. The van der Waals surface area contributed by atoms with E-state index in [0.29, 0.717) is 6.54 Å². The number of piperazine rings is 1. The molecule has 10 heteroatoms. The summed E-state index contributed by atoms with van der Waals surface area (Å²) >= 11 is 0. The van der Waals surface area contributed by atoms with Gasteiger partial charge in [-0.05, 0) is 57.1 Å². The zero-order valence-corrected chi connectivity index (χ0v) is 21.6. The van der Waals surface area contributed by atoms with Gasteiger partial charge in [0, 0.05) is 38.9 Å². The average Bonchev–Trinajstić information content (AvgIpc) is 3.19. The fraction of sp³-hybridized carbons (Fsp3) is 0.520. The minimum atomic E-state index is -3.35. The number of nitrogens with zero attached hydrogens (tertiary/aromatic N) is 6. The molecule has 0 radical (unpaired) electrons. The lowest BCUT2D eigenvalue weighted by molar-refractivity contribution is 0.206. The smallest absolute Gasteiger partial charge is 0.209 e. The van der Waals surface area contributed by atoms with E-state index in [2.05, 4.69) is 50.1 Å². The number of hydrogen-bond donors (Lipinski definition) is 1. The minimum absolute atomic E-state index is 0.202. The molecule has 1 N–H and O–H groups in total. The minimum Gasteiger partial charge on any atom is -0.355 e. The normalized spacial score (nSPS) is 19.4. The Bertz CT molecular complexity index is 1300. The maximum Gasteiger partial charge on any atom is 0.209 e. The van der Waals surface area contributed by atoms with E-state index in [1.165, 1.54) is 11.8 Å². The average molecular weight is 498 g/mol. The third-order valence-corrected chi connectivity index (χ3v) is 7.90. The van der Waals surface area contributed by atoms with Gasteiger partial charge >= 0.3 is 0 Å². The summed E-state index contributed by atoms with van der Waals surface area (Å²) in [6.45, 7) is 4.65. The molecule has 4 heterocycles. The second-order valence-electron chi connectivity index (χ2n) is 9.84.